The van der Waals surface area contributed by atoms with Gasteiger partial charge in [-0.2, -0.15) is 0 Å². The van der Waals surface area contributed by atoms with E-state index in [9.17, 15) is 25.2 Å². The highest BCUT2D eigenvalue weighted by atomic mass is 16.5. The van der Waals surface area contributed by atoms with Crippen LogP contribution in [0.25, 0.3) is 22.3 Å². The first-order valence-corrected chi connectivity index (χ1v) is 16.7. The number of fused-ring (bicyclic) bond motifs is 8. The molecule has 4 N–H and O–H groups in total. The molecule has 0 aliphatic heterocycles. The first-order valence-electron chi connectivity index (χ1n) is 16.7. The normalized spacial score (nSPS) is 12.4. The summed E-state index contributed by atoms with van der Waals surface area (Å²) < 4.78 is 6.10. The predicted molar refractivity (Wildman–Crippen MR) is 195 cm³/mol. The van der Waals surface area contributed by atoms with Crippen LogP contribution in [0.5, 0.6) is 23.0 Å². The molecule has 6 nitrogen and oxygen atoms in total. The van der Waals surface area contributed by atoms with E-state index in [0.717, 1.165) is 33.4 Å². The van der Waals surface area contributed by atoms with Crippen LogP contribution in [0.15, 0.2) is 109 Å². The molecule has 6 aromatic carbocycles. The molecule has 0 atom stereocenters. The Balaban J connectivity index is 1.53. The summed E-state index contributed by atoms with van der Waals surface area (Å²) >= 11 is 0. The number of carboxylic acids is 1. The third-order valence-corrected chi connectivity index (χ3v) is 9.41. The van der Waals surface area contributed by atoms with Crippen molar-refractivity contribution in [2.45, 2.75) is 39.5 Å². The number of rotatable bonds is 5. The SMILES string of the molecule is Cc1cc2c(O)c(c1)Cc1cc(-c3ccccc3)cc(c1O)Cc1cc(-c3ccccc3)cc(c1OCC(=O)O)Cc1cc(C)cc(c1O)C2. The minimum Gasteiger partial charge on any atom is -0.507 e. The molecule has 6 heteroatoms. The molecule has 0 unspecified atom stereocenters. The number of aryl methyl sites for hydroxylation is 2. The summed E-state index contributed by atoms with van der Waals surface area (Å²) in [4.78, 5) is 11.9. The molecule has 0 amide bonds. The number of phenols is 3. The van der Waals surface area contributed by atoms with Gasteiger partial charge >= 0.3 is 5.97 Å². The van der Waals surface area contributed by atoms with E-state index in [1.807, 2.05) is 123 Å². The van der Waals surface area contributed by atoms with E-state index in [2.05, 4.69) is 0 Å². The molecular weight excluding hydrogens is 624 g/mol. The molecule has 1 aliphatic rings. The van der Waals surface area contributed by atoms with Gasteiger partial charge in [0.05, 0.1) is 0 Å². The maximum Gasteiger partial charge on any atom is 0.341 e. The number of aromatic hydroxyl groups is 3. The number of hydrogen-bond donors (Lipinski definition) is 4. The topological polar surface area (TPSA) is 107 Å². The van der Waals surface area contributed by atoms with Crippen molar-refractivity contribution in [1.82, 2.24) is 0 Å². The zero-order chi connectivity index (χ0) is 34.9. The lowest BCUT2D eigenvalue weighted by Gasteiger charge is -2.21. The van der Waals surface area contributed by atoms with E-state index < -0.39 is 12.6 Å². The van der Waals surface area contributed by atoms with Crippen LogP contribution in [0.2, 0.25) is 0 Å². The van der Waals surface area contributed by atoms with Gasteiger partial charge in [0.2, 0.25) is 0 Å². The van der Waals surface area contributed by atoms with Crippen molar-refractivity contribution >= 4 is 5.97 Å². The van der Waals surface area contributed by atoms with Crippen molar-refractivity contribution in [2.24, 2.45) is 0 Å². The Bertz CT molecular complexity index is 2240. The fourth-order valence-electron chi connectivity index (χ4n) is 7.19. The molecule has 1 aliphatic carbocycles. The molecule has 0 spiro atoms. The third-order valence-electron chi connectivity index (χ3n) is 9.41. The van der Waals surface area contributed by atoms with Crippen molar-refractivity contribution in [3.63, 3.8) is 0 Å². The monoisotopic (exact) mass is 662 g/mol. The van der Waals surface area contributed by atoms with Gasteiger partial charge in [0, 0.05) is 25.7 Å². The molecule has 0 saturated heterocycles. The molecule has 0 heterocycles. The maximum absolute atomic E-state index is 12.0. The number of carboxylic acid groups (broad SMARTS) is 1. The van der Waals surface area contributed by atoms with E-state index in [-0.39, 0.29) is 36.5 Å². The average molecular weight is 663 g/mol. The molecule has 50 heavy (non-hydrogen) atoms. The molecule has 0 fully saturated rings. The molecule has 0 radical (unpaired) electrons. The van der Waals surface area contributed by atoms with E-state index in [1.165, 1.54) is 0 Å². The van der Waals surface area contributed by atoms with E-state index in [4.69, 9.17) is 4.74 Å². The minimum atomic E-state index is -1.11. The predicted octanol–water partition coefficient (Wildman–Crippen LogP) is 8.89. The summed E-state index contributed by atoms with van der Waals surface area (Å²) in [7, 11) is 0. The van der Waals surface area contributed by atoms with Gasteiger partial charge in [0.25, 0.3) is 0 Å². The van der Waals surface area contributed by atoms with Crippen LogP contribution < -0.4 is 4.74 Å². The second kappa shape index (κ2) is 13.5. The highest BCUT2D eigenvalue weighted by molar-refractivity contribution is 5.72. The van der Waals surface area contributed by atoms with Crippen molar-refractivity contribution in [2.75, 3.05) is 6.61 Å². The van der Waals surface area contributed by atoms with Crippen LogP contribution in [-0.4, -0.2) is 33.0 Å². The molecule has 250 valence electrons. The highest BCUT2D eigenvalue weighted by Crippen LogP contribution is 2.41. The number of carbonyl (C=O) groups is 1. The Kier molecular flexibility index (Phi) is 8.77. The summed E-state index contributed by atoms with van der Waals surface area (Å²) in [6.07, 6.45) is 1.05. The van der Waals surface area contributed by atoms with Gasteiger partial charge in [0.1, 0.15) is 23.0 Å². The van der Waals surface area contributed by atoms with Gasteiger partial charge in [0.15, 0.2) is 6.61 Å². The maximum atomic E-state index is 12.0. The van der Waals surface area contributed by atoms with Gasteiger partial charge in [-0.05, 0) is 105 Å². The largest absolute Gasteiger partial charge is 0.507 e. The van der Waals surface area contributed by atoms with Crippen LogP contribution in [0.3, 0.4) is 0 Å². The Labute approximate surface area is 291 Å². The van der Waals surface area contributed by atoms with Crippen LogP contribution in [0.1, 0.15) is 55.6 Å². The molecular formula is C44H38O6. The third kappa shape index (κ3) is 6.65. The zero-order valence-electron chi connectivity index (χ0n) is 28.0. The Morgan fingerprint density at radius 2 is 0.820 bits per heavy atom. The number of ether oxygens (including phenoxy) is 1. The molecule has 6 aromatic rings. The van der Waals surface area contributed by atoms with Crippen molar-refractivity contribution in [3.05, 3.63) is 165 Å². The van der Waals surface area contributed by atoms with Crippen LogP contribution in [-0.2, 0) is 30.5 Å². The van der Waals surface area contributed by atoms with Gasteiger partial charge in [-0.1, -0.05) is 96.1 Å². The minimum absolute atomic E-state index is 0.105. The first kappa shape index (κ1) is 32.5. The quantitative estimate of drug-likeness (QED) is 0.147. The summed E-state index contributed by atoms with van der Waals surface area (Å²) in [6, 6.07) is 35.5. The summed E-state index contributed by atoms with van der Waals surface area (Å²) in [5.41, 5.74) is 11.0. The number of phenolic OH excluding ortho intramolecular Hbond substituents is 3. The number of benzene rings is 6. The number of hydrogen-bond acceptors (Lipinski definition) is 5. The van der Waals surface area contributed by atoms with Crippen molar-refractivity contribution in [1.29, 1.82) is 0 Å². The lowest BCUT2D eigenvalue weighted by Crippen LogP contribution is -2.13. The van der Waals surface area contributed by atoms with Gasteiger partial charge in [-0.25, -0.2) is 4.79 Å². The Morgan fingerprint density at radius 3 is 1.18 bits per heavy atom. The zero-order valence-corrected chi connectivity index (χ0v) is 28.0. The lowest BCUT2D eigenvalue weighted by molar-refractivity contribution is -0.139. The Hall–Kier alpha value is -6.01. The van der Waals surface area contributed by atoms with E-state index >= 15 is 0 Å². The number of aliphatic carboxylic acids is 1. The van der Waals surface area contributed by atoms with E-state index in [0.29, 0.717) is 56.7 Å². The molecule has 0 aromatic heterocycles. The lowest BCUT2D eigenvalue weighted by atomic mass is 9.87. The fraction of sp³-hybridized carbons (Fsp3) is 0.159. The highest BCUT2D eigenvalue weighted by Gasteiger charge is 2.23. The van der Waals surface area contributed by atoms with Crippen LogP contribution >= 0.6 is 0 Å². The fourth-order valence-corrected chi connectivity index (χ4v) is 7.19. The van der Waals surface area contributed by atoms with Crippen LogP contribution in [0, 0.1) is 13.8 Å². The smallest absolute Gasteiger partial charge is 0.341 e. The summed E-state index contributed by atoms with van der Waals surface area (Å²) in [5, 5.41) is 45.0. The molecule has 0 saturated carbocycles. The van der Waals surface area contributed by atoms with Crippen LogP contribution in [0.4, 0.5) is 0 Å². The van der Waals surface area contributed by atoms with Gasteiger partial charge < -0.3 is 25.2 Å². The molecule has 8 bridgehead atoms. The average Bonchev–Trinajstić information content (AvgIpc) is 3.10. The van der Waals surface area contributed by atoms with Crippen molar-refractivity contribution < 1.29 is 30.0 Å². The second-order valence-electron chi connectivity index (χ2n) is 13.3. The standard InChI is InChI=1S/C44H38O6/c1-26-13-32-21-33-14-27(2)16-35(42(33)48)23-38-19-31(29-11-7-4-8-12-29)20-39(44(38)50-25-40(45)46)24-37-18-30(28-9-5-3-6-10-28)17-36(43(37)49)22-34(15-26)41(32)47/h3-20,47-49H,21-25H2,1-2H3,(H,45,46). The summed E-state index contributed by atoms with van der Waals surface area (Å²) in [6.45, 7) is 3.40. The van der Waals surface area contributed by atoms with Crippen molar-refractivity contribution in [3.8, 4) is 45.3 Å². The van der Waals surface area contributed by atoms with Gasteiger partial charge in [-0.15, -0.1) is 0 Å². The van der Waals surface area contributed by atoms with E-state index in [1.54, 1.807) is 0 Å². The summed E-state index contributed by atoms with van der Waals surface area (Å²) in [5.74, 6) is -0.335. The first-order chi connectivity index (χ1) is 24.1. The second-order valence-corrected chi connectivity index (χ2v) is 13.3. The molecule has 7 rings (SSSR count). The van der Waals surface area contributed by atoms with Gasteiger partial charge in [-0.3, -0.25) is 0 Å². The Morgan fingerprint density at radius 1 is 0.500 bits per heavy atom.